The summed E-state index contributed by atoms with van der Waals surface area (Å²) in [4.78, 5) is 22.3. The highest BCUT2D eigenvalue weighted by molar-refractivity contribution is 6.09. The number of halogens is 5. The molecule has 1 aromatic rings. The van der Waals surface area contributed by atoms with Crippen LogP contribution in [0.4, 0.5) is 22.0 Å². The van der Waals surface area contributed by atoms with Gasteiger partial charge in [0, 0.05) is 5.56 Å². The number of hydrogen-bond donors (Lipinski definition) is 0. The number of carbonyl (C=O) groups is 2. The van der Waals surface area contributed by atoms with E-state index in [-0.39, 0.29) is 17.1 Å². The molecule has 0 unspecified atom stereocenters. The van der Waals surface area contributed by atoms with Gasteiger partial charge in [-0.15, -0.1) is 0 Å². The standard InChI is InChI=1S/C12H9F5O4/c1-20-9-4-6(2-3-8(9)21-11(13)14)7(18)5-10(19)12(15,16)17/h2-4,11H,5H2,1H3. The Morgan fingerprint density at radius 2 is 1.81 bits per heavy atom. The van der Waals surface area contributed by atoms with Gasteiger partial charge in [-0.05, 0) is 18.2 Å². The molecule has 0 N–H and O–H groups in total. The number of Topliss-reactive ketones (excluding diaryl/α,β-unsaturated/α-hetero) is 2. The Labute approximate surface area is 115 Å². The summed E-state index contributed by atoms with van der Waals surface area (Å²) in [6, 6.07) is 2.83. The zero-order chi connectivity index (χ0) is 16.2. The second kappa shape index (κ2) is 6.51. The fraction of sp³-hybridized carbons (Fsp3) is 0.333. The van der Waals surface area contributed by atoms with E-state index in [1.165, 1.54) is 0 Å². The third-order valence-electron chi connectivity index (χ3n) is 2.34. The lowest BCUT2D eigenvalue weighted by molar-refractivity contribution is -0.170. The molecule has 0 atom stereocenters. The Hall–Kier alpha value is -2.19. The molecule has 0 aliphatic heterocycles. The maximum atomic E-state index is 12.1. The van der Waals surface area contributed by atoms with Crippen LogP contribution in [0.1, 0.15) is 16.8 Å². The zero-order valence-electron chi connectivity index (χ0n) is 10.5. The van der Waals surface area contributed by atoms with Crippen LogP contribution < -0.4 is 9.47 Å². The second-order valence-electron chi connectivity index (χ2n) is 3.77. The van der Waals surface area contributed by atoms with Crippen LogP contribution in [0.15, 0.2) is 18.2 Å². The SMILES string of the molecule is COc1cc(C(=O)CC(=O)C(F)(F)F)ccc1OC(F)F. The van der Waals surface area contributed by atoms with Crippen LogP contribution in [0.2, 0.25) is 0 Å². The first-order valence-electron chi connectivity index (χ1n) is 5.41. The fourth-order valence-electron chi connectivity index (χ4n) is 1.38. The molecule has 0 amide bonds. The molecule has 4 nitrogen and oxygen atoms in total. The molecule has 116 valence electrons. The topological polar surface area (TPSA) is 52.6 Å². The Balaban J connectivity index is 2.94. The summed E-state index contributed by atoms with van der Waals surface area (Å²) in [5.74, 6) is -3.95. The Morgan fingerprint density at radius 1 is 1.19 bits per heavy atom. The molecule has 21 heavy (non-hydrogen) atoms. The van der Waals surface area contributed by atoms with Gasteiger partial charge in [-0.25, -0.2) is 0 Å². The summed E-state index contributed by atoms with van der Waals surface area (Å²) < 4.78 is 69.1. The minimum Gasteiger partial charge on any atom is -0.493 e. The molecule has 1 aromatic carbocycles. The molecular formula is C12H9F5O4. The first kappa shape index (κ1) is 16.9. The lowest BCUT2D eigenvalue weighted by Crippen LogP contribution is -2.25. The van der Waals surface area contributed by atoms with Gasteiger partial charge in [0.15, 0.2) is 17.3 Å². The van der Waals surface area contributed by atoms with Crippen LogP contribution in [0.3, 0.4) is 0 Å². The zero-order valence-corrected chi connectivity index (χ0v) is 10.5. The van der Waals surface area contributed by atoms with E-state index in [2.05, 4.69) is 4.74 Å². The van der Waals surface area contributed by atoms with Gasteiger partial charge in [-0.3, -0.25) is 9.59 Å². The third-order valence-corrected chi connectivity index (χ3v) is 2.34. The summed E-state index contributed by atoms with van der Waals surface area (Å²) in [6.07, 6.45) is -6.49. The van der Waals surface area contributed by atoms with E-state index in [0.717, 1.165) is 25.3 Å². The Kier molecular flexibility index (Phi) is 5.23. The van der Waals surface area contributed by atoms with E-state index in [1.54, 1.807) is 0 Å². The number of methoxy groups -OCH3 is 1. The van der Waals surface area contributed by atoms with Crippen LogP contribution in [0.5, 0.6) is 11.5 Å². The summed E-state index contributed by atoms with van der Waals surface area (Å²) in [5.41, 5.74) is -0.286. The van der Waals surface area contributed by atoms with E-state index < -0.39 is 30.8 Å². The van der Waals surface area contributed by atoms with Crippen LogP contribution in [0, 0.1) is 0 Å². The first-order valence-corrected chi connectivity index (χ1v) is 5.41. The average Bonchev–Trinajstić information content (AvgIpc) is 2.37. The molecule has 0 aromatic heterocycles. The highest BCUT2D eigenvalue weighted by atomic mass is 19.4. The smallest absolute Gasteiger partial charge is 0.450 e. The van der Waals surface area contributed by atoms with Gasteiger partial charge < -0.3 is 9.47 Å². The minimum absolute atomic E-state index is 0.263. The summed E-state index contributed by atoms with van der Waals surface area (Å²) in [7, 11) is 1.10. The Morgan fingerprint density at radius 3 is 2.29 bits per heavy atom. The molecule has 0 spiro atoms. The van der Waals surface area contributed by atoms with Gasteiger partial charge in [0.25, 0.3) is 0 Å². The lowest BCUT2D eigenvalue weighted by Gasteiger charge is -2.11. The van der Waals surface area contributed by atoms with Crippen molar-refractivity contribution in [2.75, 3.05) is 7.11 Å². The van der Waals surface area contributed by atoms with Crippen molar-refractivity contribution in [3.63, 3.8) is 0 Å². The lowest BCUT2D eigenvalue weighted by atomic mass is 10.1. The monoisotopic (exact) mass is 312 g/mol. The largest absolute Gasteiger partial charge is 0.493 e. The average molecular weight is 312 g/mol. The minimum atomic E-state index is -5.11. The quantitative estimate of drug-likeness (QED) is 0.460. The molecule has 0 saturated carbocycles. The molecule has 0 aliphatic carbocycles. The van der Waals surface area contributed by atoms with E-state index in [4.69, 9.17) is 4.74 Å². The molecule has 9 heteroatoms. The maximum absolute atomic E-state index is 12.1. The number of ketones is 2. The fourth-order valence-corrected chi connectivity index (χ4v) is 1.38. The number of alkyl halides is 5. The summed E-state index contributed by atoms with van der Waals surface area (Å²) in [5, 5.41) is 0. The maximum Gasteiger partial charge on any atom is 0.450 e. The van der Waals surface area contributed by atoms with E-state index >= 15 is 0 Å². The van der Waals surface area contributed by atoms with Gasteiger partial charge in [-0.2, -0.15) is 22.0 Å². The van der Waals surface area contributed by atoms with E-state index in [1.807, 2.05) is 0 Å². The third kappa shape index (κ3) is 4.69. The van der Waals surface area contributed by atoms with Crippen molar-refractivity contribution in [2.45, 2.75) is 19.2 Å². The van der Waals surface area contributed by atoms with Gasteiger partial charge >= 0.3 is 12.8 Å². The van der Waals surface area contributed by atoms with Crippen molar-refractivity contribution >= 4 is 11.6 Å². The second-order valence-corrected chi connectivity index (χ2v) is 3.77. The highest BCUT2D eigenvalue weighted by Gasteiger charge is 2.39. The molecule has 0 fully saturated rings. The molecule has 0 aliphatic rings. The number of ether oxygens (including phenoxy) is 2. The summed E-state index contributed by atoms with van der Waals surface area (Å²) in [6.45, 7) is -3.13. The number of benzene rings is 1. The molecule has 1 rings (SSSR count). The van der Waals surface area contributed by atoms with Gasteiger partial charge in [-0.1, -0.05) is 0 Å². The van der Waals surface area contributed by atoms with Crippen molar-refractivity contribution in [1.82, 2.24) is 0 Å². The van der Waals surface area contributed by atoms with Crippen LogP contribution >= 0.6 is 0 Å². The van der Waals surface area contributed by atoms with Crippen LogP contribution in [-0.4, -0.2) is 31.5 Å². The number of rotatable bonds is 6. The predicted molar refractivity (Wildman–Crippen MR) is 59.6 cm³/mol. The van der Waals surface area contributed by atoms with E-state index in [9.17, 15) is 31.5 Å². The molecular weight excluding hydrogens is 303 g/mol. The number of hydrogen-bond acceptors (Lipinski definition) is 4. The van der Waals surface area contributed by atoms with Gasteiger partial charge in [0.05, 0.1) is 13.5 Å². The van der Waals surface area contributed by atoms with E-state index in [0.29, 0.717) is 0 Å². The Bertz CT molecular complexity index is 539. The van der Waals surface area contributed by atoms with Crippen LogP contribution in [0.25, 0.3) is 0 Å². The molecule has 0 radical (unpaired) electrons. The first-order chi connectivity index (χ1) is 9.65. The summed E-state index contributed by atoms with van der Waals surface area (Å²) >= 11 is 0. The molecule has 0 saturated heterocycles. The van der Waals surface area contributed by atoms with Gasteiger partial charge in [0.2, 0.25) is 5.78 Å². The van der Waals surface area contributed by atoms with Crippen molar-refractivity contribution in [3.8, 4) is 11.5 Å². The van der Waals surface area contributed by atoms with Crippen LogP contribution in [-0.2, 0) is 4.79 Å². The molecule has 0 bridgehead atoms. The van der Waals surface area contributed by atoms with Crippen molar-refractivity contribution in [2.24, 2.45) is 0 Å². The van der Waals surface area contributed by atoms with Crippen molar-refractivity contribution in [3.05, 3.63) is 23.8 Å². The van der Waals surface area contributed by atoms with Gasteiger partial charge in [0.1, 0.15) is 0 Å². The predicted octanol–water partition coefficient (Wildman–Crippen LogP) is 3.00. The van der Waals surface area contributed by atoms with Crippen molar-refractivity contribution < 1.29 is 41.0 Å². The highest BCUT2D eigenvalue weighted by Crippen LogP contribution is 2.30. The normalized spacial score (nSPS) is 11.4. The number of carbonyl (C=O) groups excluding carboxylic acids is 2. The molecule has 0 heterocycles. The van der Waals surface area contributed by atoms with Crippen molar-refractivity contribution in [1.29, 1.82) is 0 Å².